The lowest BCUT2D eigenvalue weighted by molar-refractivity contribution is 0.103. The highest BCUT2D eigenvalue weighted by Gasteiger charge is 2.27. The van der Waals surface area contributed by atoms with E-state index >= 15 is 0 Å². The smallest absolute Gasteiger partial charge is 0.231 e. The molecule has 0 unspecified atom stereocenters. The van der Waals surface area contributed by atoms with E-state index in [2.05, 4.69) is 0 Å². The Morgan fingerprint density at radius 2 is 0.875 bits per heavy atom. The summed E-state index contributed by atoms with van der Waals surface area (Å²) >= 11 is 0. The third kappa shape index (κ3) is 4.67. The molecule has 0 bridgehead atoms. The number of fused-ring (bicyclic) bond motifs is 2. The van der Waals surface area contributed by atoms with E-state index in [9.17, 15) is 21.6 Å². The first-order valence-electron chi connectivity index (χ1n) is 12.0. The Morgan fingerprint density at radius 3 is 1.20 bits per heavy atom. The maximum absolute atomic E-state index is 14.3. The number of sulfone groups is 2. The van der Waals surface area contributed by atoms with Gasteiger partial charge < -0.3 is 18.9 Å². The van der Waals surface area contributed by atoms with Crippen molar-refractivity contribution >= 4 is 25.5 Å². The maximum Gasteiger partial charge on any atom is 0.231 e. The average molecular weight is 579 g/mol. The number of rotatable bonds is 6. The van der Waals surface area contributed by atoms with Crippen LogP contribution in [0.15, 0.2) is 82.6 Å². The van der Waals surface area contributed by atoms with Gasteiger partial charge in [-0.25, -0.2) is 16.8 Å². The Labute approximate surface area is 230 Å². The van der Waals surface area contributed by atoms with Crippen molar-refractivity contribution in [2.75, 3.05) is 26.1 Å². The first-order chi connectivity index (χ1) is 19.0. The van der Waals surface area contributed by atoms with E-state index in [-0.39, 0.29) is 29.2 Å². The molecule has 40 heavy (non-hydrogen) atoms. The summed E-state index contributed by atoms with van der Waals surface area (Å²) in [7, 11) is -6.82. The number of ether oxygens (including phenoxy) is 4. The van der Waals surface area contributed by atoms with E-state index in [1.807, 2.05) is 0 Å². The number of benzene rings is 4. The van der Waals surface area contributed by atoms with Gasteiger partial charge in [-0.3, -0.25) is 4.79 Å². The monoisotopic (exact) mass is 578 g/mol. The Morgan fingerprint density at radius 1 is 0.550 bits per heavy atom. The molecular formula is C29H22O9S2. The highest BCUT2D eigenvalue weighted by Crippen LogP contribution is 2.43. The highest BCUT2D eigenvalue weighted by molar-refractivity contribution is 7.91. The van der Waals surface area contributed by atoms with Gasteiger partial charge >= 0.3 is 0 Å². The third-order valence-corrected chi connectivity index (χ3v) is 8.96. The fourth-order valence-electron chi connectivity index (χ4n) is 4.65. The van der Waals surface area contributed by atoms with Crippen LogP contribution in [0.3, 0.4) is 0 Å². The second-order valence-electron chi connectivity index (χ2n) is 9.42. The van der Waals surface area contributed by atoms with Gasteiger partial charge in [0.1, 0.15) is 0 Å². The molecule has 6 rings (SSSR count). The molecule has 0 fully saturated rings. The summed E-state index contributed by atoms with van der Waals surface area (Å²) < 4.78 is 70.2. The second kappa shape index (κ2) is 9.39. The van der Waals surface area contributed by atoms with Crippen LogP contribution >= 0.6 is 0 Å². The van der Waals surface area contributed by atoms with Crippen LogP contribution in [0, 0.1) is 0 Å². The summed E-state index contributed by atoms with van der Waals surface area (Å²) in [5.74, 6) is 1.36. The molecule has 9 nitrogen and oxygen atoms in total. The van der Waals surface area contributed by atoms with Crippen molar-refractivity contribution in [3.63, 3.8) is 0 Å². The van der Waals surface area contributed by atoms with Crippen molar-refractivity contribution in [1.29, 1.82) is 0 Å². The van der Waals surface area contributed by atoms with Crippen LogP contribution in [0.1, 0.15) is 15.9 Å². The Kier molecular flexibility index (Phi) is 6.08. The Hall–Kier alpha value is -4.35. The molecule has 0 atom stereocenters. The van der Waals surface area contributed by atoms with E-state index < -0.39 is 19.7 Å². The van der Waals surface area contributed by atoms with Gasteiger partial charge in [0, 0.05) is 23.6 Å². The molecule has 2 aliphatic heterocycles. The minimum absolute atomic E-state index is 0.00138. The van der Waals surface area contributed by atoms with E-state index in [0.717, 1.165) is 12.5 Å². The molecule has 0 spiro atoms. The number of hydrogen-bond acceptors (Lipinski definition) is 9. The lowest BCUT2D eigenvalue weighted by Gasteiger charge is -2.15. The van der Waals surface area contributed by atoms with Gasteiger partial charge in [-0.15, -0.1) is 0 Å². The summed E-state index contributed by atoms with van der Waals surface area (Å²) in [6.45, 7) is 0.00276. The molecule has 0 N–H and O–H groups in total. The van der Waals surface area contributed by atoms with Crippen molar-refractivity contribution in [1.82, 2.24) is 0 Å². The SMILES string of the molecule is CS(=O)(=O)c1ccc(-c2cc3c(cc2C(=O)c2cc4c(cc2-c2ccc(S(C)(=O)=O)cc2)OCO4)OCO3)cc1. The molecule has 204 valence electrons. The minimum atomic E-state index is -3.41. The summed E-state index contributed by atoms with van der Waals surface area (Å²) in [5.41, 5.74) is 2.84. The summed E-state index contributed by atoms with van der Waals surface area (Å²) in [6.07, 6.45) is 2.25. The summed E-state index contributed by atoms with van der Waals surface area (Å²) in [4.78, 5) is 14.6. The molecule has 0 radical (unpaired) electrons. The van der Waals surface area contributed by atoms with Crippen LogP contribution < -0.4 is 18.9 Å². The van der Waals surface area contributed by atoms with Crippen molar-refractivity contribution < 1.29 is 40.6 Å². The van der Waals surface area contributed by atoms with Gasteiger partial charge in [0.25, 0.3) is 0 Å². The van der Waals surface area contributed by atoms with Gasteiger partial charge in [-0.2, -0.15) is 0 Å². The number of ketones is 1. The predicted octanol–water partition coefficient (Wildman–Crippen LogP) is 4.52. The van der Waals surface area contributed by atoms with Crippen molar-refractivity contribution in [2.45, 2.75) is 9.79 Å². The first-order valence-corrected chi connectivity index (χ1v) is 15.8. The molecule has 4 aromatic carbocycles. The third-order valence-electron chi connectivity index (χ3n) is 6.70. The van der Waals surface area contributed by atoms with Crippen LogP contribution in [0.4, 0.5) is 0 Å². The molecule has 0 saturated carbocycles. The normalized spacial score (nSPS) is 13.8. The van der Waals surface area contributed by atoms with Gasteiger partial charge in [-0.05, 0) is 70.8 Å². The van der Waals surface area contributed by atoms with Gasteiger partial charge in [0.05, 0.1) is 9.79 Å². The van der Waals surface area contributed by atoms with Crippen LogP contribution in [-0.4, -0.2) is 48.7 Å². The molecule has 0 amide bonds. The topological polar surface area (TPSA) is 122 Å². The minimum Gasteiger partial charge on any atom is -0.454 e. The fourth-order valence-corrected chi connectivity index (χ4v) is 5.91. The van der Waals surface area contributed by atoms with Crippen LogP contribution in [-0.2, 0) is 19.7 Å². The first kappa shape index (κ1) is 25.9. The van der Waals surface area contributed by atoms with Gasteiger partial charge in [-0.1, -0.05) is 24.3 Å². The van der Waals surface area contributed by atoms with E-state index in [1.54, 1.807) is 48.5 Å². The van der Waals surface area contributed by atoms with Crippen molar-refractivity contribution in [3.05, 3.63) is 83.9 Å². The van der Waals surface area contributed by atoms with Crippen LogP contribution in [0.25, 0.3) is 22.3 Å². The largest absolute Gasteiger partial charge is 0.454 e. The van der Waals surface area contributed by atoms with E-state index in [4.69, 9.17) is 18.9 Å². The van der Waals surface area contributed by atoms with Crippen LogP contribution in [0.2, 0.25) is 0 Å². The van der Waals surface area contributed by atoms with E-state index in [1.165, 1.54) is 24.3 Å². The fraction of sp³-hybridized carbons (Fsp3) is 0.138. The van der Waals surface area contributed by atoms with E-state index in [0.29, 0.717) is 56.4 Å². The lowest BCUT2D eigenvalue weighted by atomic mass is 9.89. The predicted molar refractivity (Wildman–Crippen MR) is 146 cm³/mol. The molecule has 11 heteroatoms. The Bertz CT molecular complexity index is 1750. The van der Waals surface area contributed by atoms with Crippen molar-refractivity contribution in [3.8, 4) is 45.3 Å². The number of carbonyl (C=O) groups is 1. The average Bonchev–Trinajstić information content (AvgIpc) is 3.59. The summed E-state index contributed by atoms with van der Waals surface area (Å²) in [5, 5.41) is 0. The standard InChI is InChI=1S/C29H22O9S2/c1-39(31,32)19-7-3-17(4-8-19)21-11-25-27(37-15-35-25)13-23(21)29(30)24-14-28-26(36-16-38-28)12-22(24)18-5-9-20(10-6-18)40(2,33)34/h3-14H,15-16H2,1-2H3. The Balaban J connectivity index is 1.52. The van der Waals surface area contributed by atoms with Crippen LogP contribution in [0.5, 0.6) is 23.0 Å². The molecule has 4 aromatic rings. The van der Waals surface area contributed by atoms with Gasteiger partial charge in [0.2, 0.25) is 13.6 Å². The highest BCUT2D eigenvalue weighted by atomic mass is 32.2. The van der Waals surface area contributed by atoms with Gasteiger partial charge in [0.15, 0.2) is 48.5 Å². The van der Waals surface area contributed by atoms with Crippen molar-refractivity contribution in [2.24, 2.45) is 0 Å². The molecule has 0 saturated heterocycles. The number of hydrogen-bond donors (Lipinski definition) is 0. The summed E-state index contributed by atoms with van der Waals surface area (Å²) in [6, 6.07) is 19.1. The maximum atomic E-state index is 14.3. The zero-order valence-corrected chi connectivity index (χ0v) is 23.0. The molecular weight excluding hydrogens is 556 g/mol. The zero-order valence-electron chi connectivity index (χ0n) is 21.3. The molecule has 0 aliphatic carbocycles. The molecule has 2 heterocycles. The second-order valence-corrected chi connectivity index (χ2v) is 13.5. The zero-order chi connectivity index (χ0) is 28.2. The molecule has 2 aliphatic rings. The lowest BCUT2D eigenvalue weighted by Crippen LogP contribution is -2.07. The molecule has 0 aromatic heterocycles. The number of carbonyl (C=O) groups excluding carboxylic acids is 1. The quantitative estimate of drug-likeness (QED) is 0.304.